The molecule has 0 unspecified atom stereocenters. The topological polar surface area (TPSA) is 70.9 Å². The second-order valence-corrected chi connectivity index (χ2v) is 5.13. The zero-order valence-electron chi connectivity index (χ0n) is 13.2. The standard InChI is InChI=1S/C18H20N2O3/c1-3-10-23-16-9-8-15(17(21)11-16)12-19-20-18(22)14-6-4-13(2)5-7-14/h4-9,11-12,21H,3,10H2,1-2H3,(H,20,22)/b19-12+. The summed E-state index contributed by atoms with van der Waals surface area (Å²) >= 11 is 0. The Labute approximate surface area is 135 Å². The van der Waals surface area contributed by atoms with Crippen LogP contribution >= 0.6 is 0 Å². The lowest BCUT2D eigenvalue weighted by atomic mass is 10.1. The number of aryl methyl sites for hydroxylation is 1. The van der Waals surface area contributed by atoms with Gasteiger partial charge in [-0.15, -0.1) is 0 Å². The first-order valence-electron chi connectivity index (χ1n) is 7.46. The highest BCUT2D eigenvalue weighted by atomic mass is 16.5. The van der Waals surface area contributed by atoms with Gasteiger partial charge in [0.05, 0.1) is 12.8 Å². The van der Waals surface area contributed by atoms with E-state index in [0.717, 1.165) is 12.0 Å². The summed E-state index contributed by atoms with van der Waals surface area (Å²) in [6.07, 6.45) is 2.29. The molecule has 0 fully saturated rings. The molecule has 0 atom stereocenters. The number of ether oxygens (including phenoxy) is 1. The van der Waals surface area contributed by atoms with Gasteiger partial charge in [0.1, 0.15) is 11.5 Å². The maximum atomic E-state index is 11.9. The predicted molar refractivity (Wildman–Crippen MR) is 90.1 cm³/mol. The summed E-state index contributed by atoms with van der Waals surface area (Å²) in [5, 5.41) is 13.8. The van der Waals surface area contributed by atoms with Gasteiger partial charge in [0.2, 0.25) is 0 Å². The number of aromatic hydroxyl groups is 1. The van der Waals surface area contributed by atoms with Crippen LogP contribution < -0.4 is 10.2 Å². The van der Waals surface area contributed by atoms with Gasteiger partial charge in [-0.25, -0.2) is 5.43 Å². The Balaban J connectivity index is 1.97. The van der Waals surface area contributed by atoms with Gasteiger partial charge in [-0.05, 0) is 37.6 Å². The van der Waals surface area contributed by atoms with E-state index in [1.54, 1.807) is 24.3 Å². The molecule has 2 rings (SSSR count). The molecule has 120 valence electrons. The van der Waals surface area contributed by atoms with Crippen molar-refractivity contribution in [3.05, 3.63) is 59.2 Å². The predicted octanol–water partition coefficient (Wildman–Crippen LogP) is 3.25. The number of hydrogen-bond donors (Lipinski definition) is 2. The third-order valence-corrected chi connectivity index (χ3v) is 3.16. The Morgan fingerprint density at radius 2 is 2.00 bits per heavy atom. The van der Waals surface area contributed by atoms with E-state index in [0.29, 0.717) is 23.5 Å². The maximum absolute atomic E-state index is 11.9. The second kappa shape index (κ2) is 7.98. The first kappa shape index (κ1) is 16.5. The number of hydrazone groups is 1. The maximum Gasteiger partial charge on any atom is 0.271 e. The summed E-state index contributed by atoms with van der Waals surface area (Å²) in [5.74, 6) is 0.348. The number of nitrogens with zero attached hydrogens (tertiary/aromatic N) is 1. The minimum Gasteiger partial charge on any atom is -0.507 e. The van der Waals surface area contributed by atoms with E-state index in [1.165, 1.54) is 12.3 Å². The number of benzene rings is 2. The van der Waals surface area contributed by atoms with Crippen molar-refractivity contribution in [3.63, 3.8) is 0 Å². The fraction of sp³-hybridized carbons (Fsp3) is 0.222. The number of carbonyl (C=O) groups is 1. The third kappa shape index (κ3) is 4.85. The lowest BCUT2D eigenvalue weighted by Gasteiger charge is -2.06. The summed E-state index contributed by atoms with van der Waals surface area (Å²) < 4.78 is 5.43. The van der Waals surface area contributed by atoms with E-state index >= 15 is 0 Å². The van der Waals surface area contributed by atoms with Gasteiger partial charge < -0.3 is 9.84 Å². The van der Waals surface area contributed by atoms with E-state index in [2.05, 4.69) is 10.5 Å². The molecule has 0 radical (unpaired) electrons. The minimum atomic E-state index is -0.302. The van der Waals surface area contributed by atoms with Crippen molar-refractivity contribution in [2.75, 3.05) is 6.61 Å². The largest absolute Gasteiger partial charge is 0.507 e. The number of rotatable bonds is 6. The van der Waals surface area contributed by atoms with Crippen LogP contribution in [0.5, 0.6) is 11.5 Å². The SMILES string of the molecule is CCCOc1ccc(/C=N/NC(=O)c2ccc(C)cc2)c(O)c1. The first-order valence-corrected chi connectivity index (χ1v) is 7.46. The van der Waals surface area contributed by atoms with Crippen molar-refractivity contribution in [1.29, 1.82) is 0 Å². The van der Waals surface area contributed by atoms with Crippen molar-refractivity contribution in [2.24, 2.45) is 5.10 Å². The molecule has 0 spiro atoms. The lowest BCUT2D eigenvalue weighted by molar-refractivity contribution is 0.0955. The molecule has 0 heterocycles. The van der Waals surface area contributed by atoms with E-state index in [-0.39, 0.29) is 11.7 Å². The number of phenols is 1. The number of hydrogen-bond acceptors (Lipinski definition) is 4. The molecule has 2 aromatic carbocycles. The van der Waals surface area contributed by atoms with Gasteiger partial charge in [0, 0.05) is 17.2 Å². The monoisotopic (exact) mass is 312 g/mol. The number of amides is 1. The van der Waals surface area contributed by atoms with Gasteiger partial charge in [-0.3, -0.25) is 4.79 Å². The van der Waals surface area contributed by atoms with Crippen molar-refractivity contribution in [3.8, 4) is 11.5 Å². The van der Waals surface area contributed by atoms with Gasteiger partial charge in [-0.1, -0.05) is 24.6 Å². The van der Waals surface area contributed by atoms with E-state index in [1.807, 2.05) is 26.0 Å². The summed E-state index contributed by atoms with van der Waals surface area (Å²) in [7, 11) is 0. The summed E-state index contributed by atoms with van der Waals surface area (Å²) in [5.41, 5.74) is 4.54. The average Bonchev–Trinajstić information content (AvgIpc) is 2.55. The zero-order chi connectivity index (χ0) is 16.7. The first-order chi connectivity index (χ1) is 11.1. The van der Waals surface area contributed by atoms with Gasteiger partial charge in [-0.2, -0.15) is 5.10 Å². The Kier molecular flexibility index (Phi) is 5.74. The normalized spacial score (nSPS) is 10.7. The third-order valence-electron chi connectivity index (χ3n) is 3.16. The molecule has 0 saturated carbocycles. The Morgan fingerprint density at radius 1 is 1.26 bits per heavy atom. The zero-order valence-corrected chi connectivity index (χ0v) is 13.2. The van der Waals surface area contributed by atoms with Crippen LogP contribution in [-0.4, -0.2) is 23.8 Å². The molecule has 1 amide bonds. The Bertz CT molecular complexity index is 694. The van der Waals surface area contributed by atoms with Crippen LogP contribution in [0.2, 0.25) is 0 Å². The number of phenolic OH excluding ortho intramolecular Hbond substituents is 1. The summed E-state index contributed by atoms with van der Waals surface area (Å²) in [6.45, 7) is 4.56. The van der Waals surface area contributed by atoms with E-state index in [4.69, 9.17) is 4.74 Å². The number of carbonyl (C=O) groups excluding carboxylic acids is 1. The van der Waals surface area contributed by atoms with Crippen molar-refractivity contribution in [2.45, 2.75) is 20.3 Å². The molecule has 2 N–H and O–H groups in total. The highest BCUT2D eigenvalue weighted by Gasteiger charge is 2.04. The highest BCUT2D eigenvalue weighted by Crippen LogP contribution is 2.22. The fourth-order valence-corrected chi connectivity index (χ4v) is 1.87. The molecule has 0 aliphatic rings. The van der Waals surface area contributed by atoms with Crippen LogP contribution in [-0.2, 0) is 0 Å². The molecule has 5 heteroatoms. The summed E-state index contributed by atoms with van der Waals surface area (Å²) in [6, 6.07) is 12.1. The smallest absolute Gasteiger partial charge is 0.271 e. The molecule has 0 bridgehead atoms. The molecular formula is C18H20N2O3. The number of nitrogens with one attached hydrogen (secondary N) is 1. The van der Waals surface area contributed by atoms with Crippen LogP contribution in [0.3, 0.4) is 0 Å². The molecule has 0 aliphatic heterocycles. The molecule has 5 nitrogen and oxygen atoms in total. The minimum absolute atomic E-state index is 0.0481. The van der Waals surface area contributed by atoms with E-state index in [9.17, 15) is 9.90 Å². The van der Waals surface area contributed by atoms with Gasteiger partial charge >= 0.3 is 0 Å². The quantitative estimate of drug-likeness (QED) is 0.635. The van der Waals surface area contributed by atoms with Crippen molar-refractivity contribution >= 4 is 12.1 Å². The molecular weight excluding hydrogens is 292 g/mol. The Hall–Kier alpha value is -2.82. The van der Waals surface area contributed by atoms with Crippen molar-refractivity contribution in [1.82, 2.24) is 5.43 Å². The van der Waals surface area contributed by atoms with Gasteiger partial charge in [0.25, 0.3) is 5.91 Å². The highest BCUT2D eigenvalue weighted by molar-refractivity contribution is 5.95. The van der Waals surface area contributed by atoms with E-state index < -0.39 is 0 Å². The van der Waals surface area contributed by atoms with Crippen LogP contribution in [0.1, 0.15) is 34.8 Å². The van der Waals surface area contributed by atoms with Crippen molar-refractivity contribution < 1.29 is 14.6 Å². The molecule has 0 aromatic heterocycles. The van der Waals surface area contributed by atoms with Crippen LogP contribution in [0.4, 0.5) is 0 Å². The van der Waals surface area contributed by atoms with Crippen LogP contribution in [0.25, 0.3) is 0 Å². The molecule has 0 aliphatic carbocycles. The van der Waals surface area contributed by atoms with Crippen LogP contribution in [0, 0.1) is 6.92 Å². The lowest BCUT2D eigenvalue weighted by Crippen LogP contribution is -2.17. The molecule has 23 heavy (non-hydrogen) atoms. The van der Waals surface area contributed by atoms with Gasteiger partial charge in [0.15, 0.2) is 0 Å². The molecule has 2 aromatic rings. The summed E-state index contributed by atoms with van der Waals surface area (Å²) in [4.78, 5) is 11.9. The fourth-order valence-electron chi connectivity index (χ4n) is 1.87. The van der Waals surface area contributed by atoms with Crippen LogP contribution in [0.15, 0.2) is 47.6 Å². The second-order valence-electron chi connectivity index (χ2n) is 5.13. The Morgan fingerprint density at radius 3 is 2.65 bits per heavy atom. The molecule has 0 saturated heterocycles. The average molecular weight is 312 g/mol.